The van der Waals surface area contributed by atoms with Crippen LogP contribution in [0.15, 0.2) is 48.5 Å². The lowest BCUT2D eigenvalue weighted by atomic mass is 10.1. The van der Waals surface area contributed by atoms with Gasteiger partial charge in [-0.3, -0.25) is 4.90 Å². The standard InChI is InChI=1S/C27H29F3N2O5S/c1-6-35-23(33)16-36-21-13-11-20(12-14-21)32(25(34)37-26(3,4)5)15-22-17(2)31-24(38-22)18-7-9-19(10-8-18)27(28,29)30/h7-14H,6,15-16H2,1-5H3. The van der Waals surface area contributed by atoms with Crippen molar-refractivity contribution in [2.75, 3.05) is 18.1 Å². The number of esters is 1. The van der Waals surface area contributed by atoms with Gasteiger partial charge in [0.25, 0.3) is 0 Å². The summed E-state index contributed by atoms with van der Waals surface area (Å²) in [6, 6.07) is 11.4. The lowest BCUT2D eigenvalue weighted by Gasteiger charge is -2.27. The maximum atomic E-state index is 13.1. The van der Waals surface area contributed by atoms with Crippen molar-refractivity contribution in [3.05, 3.63) is 64.7 Å². The lowest BCUT2D eigenvalue weighted by Crippen LogP contribution is -2.36. The van der Waals surface area contributed by atoms with Gasteiger partial charge in [0.2, 0.25) is 0 Å². The van der Waals surface area contributed by atoms with Gasteiger partial charge in [0.15, 0.2) is 6.61 Å². The van der Waals surface area contributed by atoms with Gasteiger partial charge >= 0.3 is 18.2 Å². The van der Waals surface area contributed by atoms with Crippen molar-refractivity contribution in [3.63, 3.8) is 0 Å². The van der Waals surface area contributed by atoms with Gasteiger partial charge in [-0.15, -0.1) is 11.3 Å². The predicted octanol–water partition coefficient (Wildman–Crippen LogP) is 7.02. The van der Waals surface area contributed by atoms with E-state index in [0.717, 1.165) is 17.0 Å². The van der Waals surface area contributed by atoms with Crippen LogP contribution in [0, 0.1) is 6.92 Å². The zero-order valence-electron chi connectivity index (χ0n) is 21.7. The van der Waals surface area contributed by atoms with E-state index in [1.165, 1.54) is 28.4 Å². The Balaban J connectivity index is 1.84. The van der Waals surface area contributed by atoms with Crippen molar-refractivity contribution >= 4 is 29.1 Å². The van der Waals surface area contributed by atoms with Crippen LogP contribution in [0.2, 0.25) is 0 Å². The van der Waals surface area contributed by atoms with E-state index in [0.29, 0.717) is 27.7 Å². The molecule has 0 N–H and O–H groups in total. The molecule has 0 bridgehead atoms. The van der Waals surface area contributed by atoms with Gasteiger partial charge in [-0.1, -0.05) is 12.1 Å². The number of hydrogen-bond acceptors (Lipinski definition) is 7. The summed E-state index contributed by atoms with van der Waals surface area (Å²) < 4.78 is 54.7. The fraction of sp³-hybridized carbons (Fsp3) is 0.370. The highest BCUT2D eigenvalue weighted by Crippen LogP contribution is 2.34. The van der Waals surface area contributed by atoms with Crippen LogP contribution < -0.4 is 9.64 Å². The molecule has 7 nitrogen and oxygen atoms in total. The number of nitrogens with zero attached hydrogens (tertiary/aromatic N) is 2. The third kappa shape index (κ3) is 7.95. The average molecular weight is 551 g/mol. The number of ether oxygens (including phenoxy) is 3. The minimum Gasteiger partial charge on any atom is -0.482 e. The number of anilines is 1. The SMILES string of the molecule is CCOC(=O)COc1ccc(N(Cc2sc(-c3ccc(C(F)(F)F)cc3)nc2C)C(=O)OC(C)(C)C)cc1. The van der Waals surface area contributed by atoms with Crippen molar-refractivity contribution < 1.29 is 37.0 Å². The molecule has 0 aliphatic heterocycles. The van der Waals surface area contributed by atoms with E-state index >= 15 is 0 Å². The van der Waals surface area contributed by atoms with Crippen molar-refractivity contribution in [2.45, 2.75) is 52.9 Å². The Bertz CT molecular complexity index is 1250. The number of aromatic nitrogens is 1. The number of hydrogen-bond donors (Lipinski definition) is 0. The van der Waals surface area contributed by atoms with E-state index in [4.69, 9.17) is 14.2 Å². The van der Waals surface area contributed by atoms with E-state index in [1.54, 1.807) is 58.9 Å². The van der Waals surface area contributed by atoms with E-state index < -0.39 is 29.4 Å². The van der Waals surface area contributed by atoms with Crippen LogP contribution in [0.25, 0.3) is 10.6 Å². The molecular weight excluding hydrogens is 521 g/mol. The van der Waals surface area contributed by atoms with Crippen molar-refractivity contribution in [2.24, 2.45) is 0 Å². The number of amides is 1. The maximum Gasteiger partial charge on any atom is 0.416 e. The zero-order valence-corrected chi connectivity index (χ0v) is 22.5. The first-order chi connectivity index (χ1) is 17.8. The molecule has 1 aromatic heterocycles. The molecule has 0 atom stereocenters. The normalized spacial score (nSPS) is 11.7. The first-order valence-corrected chi connectivity index (χ1v) is 12.6. The summed E-state index contributed by atoms with van der Waals surface area (Å²) in [6.45, 7) is 8.90. The minimum atomic E-state index is -4.42. The first-order valence-electron chi connectivity index (χ1n) is 11.8. The van der Waals surface area contributed by atoms with Crippen LogP contribution >= 0.6 is 11.3 Å². The quantitative estimate of drug-likeness (QED) is 0.281. The van der Waals surface area contributed by atoms with E-state index in [-0.39, 0.29) is 19.8 Å². The number of halogens is 3. The molecule has 1 heterocycles. The summed E-state index contributed by atoms with van der Waals surface area (Å²) in [4.78, 5) is 31.4. The first kappa shape index (κ1) is 29.0. The molecule has 204 valence electrons. The number of thiazole rings is 1. The Labute approximate surface area is 223 Å². The maximum absolute atomic E-state index is 13.1. The molecule has 0 spiro atoms. The highest BCUT2D eigenvalue weighted by molar-refractivity contribution is 7.15. The number of rotatable bonds is 8. The van der Waals surface area contributed by atoms with E-state index in [9.17, 15) is 22.8 Å². The van der Waals surface area contributed by atoms with E-state index in [2.05, 4.69) is 4.98 Å². The number of benzene rings is 2. The van der Waals surface area contributed by atoms with Crippen LogP contribution in [0.4, 0.5) is 23.7 Å². The summed E-state index contributed by atoms with van der Waals surface area (Å²) in [5.41, 5.74) is 0.232. The molecule has 3 aromatic rings. The van der Waals surface area contributed by atoms with Gasteiger partial charge in [-0.05, 0) is 71.0 Å². The van der Waals surface area contributed by atoms with Gasteiger partial charge in [0.05, 0.1) is 24.4 Å². The smallest absolute Gasteiger partial charge is 0.416 e. The highest BCUT2D eigenvalue weighted by atomic mass is 32.1. The highest BCUT2D eigenvalue weighted by Gasteiger charge is 2.30. The average Bonchev–Trinajstić information content (AvgIpc) is 3.20. The van der Waals surface area contributed by atoms with Crippen LogP contribution in [-0.4, -0.2) is 35.9 Å². The largest absolute Gasteiger partial charge is 0.482 e. The summed E-state index contributed by atoms with van der Waals surface area (Å²) >= 11 is 1.29. The molecule has 0 aliphatic carbocycles. The molecule has 2 aromatic carbocycles. The molecule has 0 fully saturated rings. The second kappa shape index (κ2) is 11.8. The Kier molecular flexibility index (Phi) is 9.03. The zero-order chi connectivity index (χ0) is 28.1. The predicted molar refractivity (Wildman–Crippen MR) is 138 cm³/mol. The molecule has 0 saturated carbocycles. The minimum absolute atomic E-state index is 0.127. The fourth-order valence-electron chi connectivity index (χ4n) is 3.29. The Hall–Kier alpha value is -3.60. The molecule has 0 unspecified atom stereocenters. The van der Waals surface area contributed by atoms with Gasteiger partial charge < -0.3 is 14.2 Å². The van der Waals surface area contributed by atoms with Gasteiger partial charge in [-0.2, -0.15) is 13.2 Å². The second-order valence-electron chi connectivity index (χ2n) is 9.26. The molecule has 0 saturated heterocycles. The summed E-state index contributed by atoms with van der Waals surface area (Å²) in [5.74, 6) is -0.0685. The second-order valence-corrected chi connectivity index (χ2v) is 10.3. The van der Waals surface area contributed by atoms with Crippen LogP contribution in [0.5, 0.6) is 5.75 Å². The van der Waals surface area contributed by atoms with Gasteiger partial charge in [0, 0.05) is 16.1 Å². The van der Waals surface area contributed by atoms with Crippen LogP contribution in [0.1, 0.15) is 43.8 Å². The molecule has 11 heteroatoms. The topological polar surface area (TPSA) is 78.0 Å². The van der Waals surface area contributed by atoms with Gasteiger partial charge in [-0.25, -0.2) is 14.6 Å². The van der Waals surface area contributed by atoms with Crippen LogP contribution in [0.3, 0.4) is 0 Å². The number of carbonyl (C=O) groups is 2. The monoisotopic (exact) mass is 550 g/mol. The molecule has 0 radical (unpaired) electrons. The molecule has 1 amide bonds. The summed E-state index contributed by atoms with van der Waals surface area (Å²) in [6.07, 6.45) is -5.00. The Morgan fingerprint density at radius 1 is 1.00 bits per heavy atom. The molecule has 38 heavy (non-hydrogen) atoms. The molecule has 0 aliphatic rings. The van der Waals surface area contributed by atoms with E-state index in [1.807, 2.05) is 0 Å². The Morgan fingerprint density at radius 2 is 1.63 bits per heavy atom. The summed E-state index contributed by atoms with van der Waals surface area (Å²) in [5, 5.41) is 0.540. The lowest BCUT2D eigenvalue weighted by molar-refractivity contribution is -0.145. The van der Waals surface area contributed by atoms with Crippen molar-refractivity contribution in [1.82, 2.24) is 4.98 Å². The van der Waals surface area contributed by atoms with Crippen molar-refractivity contribution in [1.29, 1.82) is 0 Å². The van der Waals surface area contributed by atoms with Crippen molar-refractivity contribution in [3.8, 4) is 16.3 Å². The fourth-order valence-corrected chi connectivity index (χ4v) is 4.35. The number of carbonyl (C=O) groups excluding carboxylic acids is 2. The van der Waals surface area contributed by atoms with Gasteiger partial charge in [0.1, 0.15) is 16.4 Å². The third-order valence-corrected chi connectivity index (χ3v) is 6.27. The molecule has 3 rings (SSSR count). The Morgan fingerprint density at radius 3 is 2.18 bits per heavy atom. The van der Waals surface area contributed by atoms with Crippen LogP contribution in [-0.2, 0) is 27.0 Å². The number of alkyl halides is 3. The molecular formula is C27H29F3N2O5S. The number of aryl methyl sites for hydroxylation is 1. The third-order valence-electron chi connectivity index (χ3n) is 5.08. The summed E-state index contributed by atoms with van der Waals surface area (Å²) in [7, 11) is 0.